The van der Waals surface area contributed by atoms with Gasteiger partial charge in [-0.1, -0.05) is 47.7 Å². The van der Waals surface area contributed by atoms with Gasteiger partial charge in [0.1, 0.15) is 11.8 Å². The first kappa shape index (κ1) is 23.8. The standard InChI is InChI=1S/C26H19F2N3O3S2/c1-15-21(23(32)30-17-6-3-2-4-7-17)22(19-8-5-13-35-19)31-24(33)20(36-26(31)29-15)14-16-9-11-18(12-10-16)34-25(27)28/h2-14,22,25H,1H3,(H,30,32)/b20-14+/t22-/m1/s1. The molecule has 1 atom stereocenters. The van der Waals surface area contributed by atoms with Gasteiger partial charge in [-0.2, -0.15) is 8.78 Å². The molecular weight excluding hydrogens is 504 g/mol. The molecule has 0 unspecified atom stereocenters. The van der Waals surface area contributed by atoms with E-state index in [1.165, 1.54) is 34.8 Å². The highest BCUT2D eigenvalue weighted by Gasteiger charge is 2.33. The molecule has 1 aliphatic rings. The molecule has 36 heavy (non-hydrogen) atoms. The molecule has 0 radical (unpaired) electrons. The van der Waals surface area contributed by atoms with E-state index in [0.717, 1.165) is 4.88 Å². The fourth-order valence-corrected chi connectivity index (χ4v) is 5.81. The van der Waals surface area contributed by atoms with Crippen molar-refractivity contribution < 1.29 is 18.3 Å². The number of anilines is 1. The molecule has 1 amide bonds. The summed E-state index contributed by atoms with van der Waals surface area (Å²) in [6.45, 7) is -1.15. The van der Waals surface area contributed by atoms with Crippen molar-refractivity contribution in [1.29, 1.82) is 0 Å². The number of para-hydroxylation sites is 1. The zero-order chi connectivity index (χ0) is 25.2. The lowest BCUT2D eigenvalue weighted by Gasteiger charge is -2.24. The number of halogens is 2. The Morgan fingerprint density at radius 1 is 1.11 bits per heavy atom. The molecule has 2 aromatic heterocycles. The van der Waals surface area contributed by atoms with Gasteiger partial charge in [0, 0.05) is 10.6 Å². The van der Waals surface area contributed by atoms with Crippen molar-refractivity contribution in [2.24, 2.45) is 4.99 Å². The van der Waals surface area contributed by atoms with Crippen LogP contribution < -0.4 is 24.9 Å². The van der Waals surface area contributed by atoms with Gasteiger partial charge in [-0.3, -0.25) is 14.2 Å². The smallest absolute Gasteiger partial charge is 0.387 e. The Morgan fingerprint density at radius 2 is 1.86 bits per heavy atom. The summed E-state index contributed by atoms with van der Waals surface area (Å²) >= 11 is 2.66. The van der Waals surface area contributed by atoms with E-state index in [9.17, 15) is 18.4 Å². The number of aromatic nitrogens is 1. The van der Waals surface area contributed by atoms with Crippen LogP contribution in [0, 0.1) is 0 Å². The zero-order valence-corrected chi connectivity index (χ0v) is 20.5. The van der Waals surface area contributed by atoms with Crippen LogP contribution in [0.2, 0.25) is 0 Å². The van der Waals surface area contributed by atoms with E-state index in [0.29, 0.717) is 31.9 Å². The lowest BCUT2D eigenvalue weighted by Crippen LogP contribution is -2.40. The monoisotopic (exact) mass is 523 g/mol. The Bertz CT molecular complexity index is 1610. The zero-order valence-electron chi connectivity index (χ0n) is 18.9. The second-order valence-electron chi connectivity index (χ2n) is 7.86. The molecule has 10 heteroatoms. The third-order valence-electron chi connectivity index (χ3n) is 5.51. The minimum Gasteiger partial charge on any atom is -0.435 e. The number of carbonyl (C=O) groups excluding carboxylic acids is 1. The molecule has 2 aromatic carbocycles. The van der Waals surface area contributed by atoms with Crippen LogP contribution in [0.15, 0.2) is 93.2 Å². The number of rotatable bonds is 6. The van der Waals surface area contributed by atoms with Gasteiger partial charge in [-0.25, -0.2) is 4.99 Å². The quantitative estimate of drug-likeness (QED) is 0.404. The van der Waals surface area contributed by atoms with Crippen LogP contribution in [0.25, 0.3) is 6.08 Å². The number of thiophene rings is 1. The number of nitrogens with zero attached hydrogens (tertiary/aromatic N) is 2. The summed E-state index contributed by atoms with van der Waals surface area (Å²) in [5.74, 6) is -0.296. The Labute approximate surface area is 212 Å². The summed E-state index contributed by atoms with van der Waals surface area (Å²) in [6.07, 6.45) is 1.67. The van der Waals surface area contributed by atoms with Crippen molar-refractivity contribution in [2.75, 3.05) is 5.32 Å². The summed E-state index contributed by atoms with van der Waals surface area (Å²) in [4.78, 5) is 32.9. The van der Waals surface area contributed by atoms with Crippen LogP contribution in [0.3, 0.4) is 0 Å². The van der Waals surface area contributed by atoms with Gasteiger partial charge in [-0.15, -0.1) is 11.3 Å². The van der Waals surface area contributed by atoms with Crippen molar-refractivity contribution in [3.05, 3.63) is 114 Å². The average Bonchev–Trinajstić information content (AvgIpc) is 3.48. The van der Waals surface area contributed by atoms with Crippen LogP contribution in [0.4, 0.5) is 14.5 Å². The van der Waals surface area contributed by atoms with Crippen molar-refractivity contribution in [2.45, 2.75) is 19.6 Å². The fourth-order valence-electron chi connectivity index (χ4n) is 3.94. The van der Waals surface area contributed by atoms with Gasteiger partial charge >= 0.3 is 6.61 Å². The molecule has 4 aromatic rings. The summed E-state index contributed by atoms with van der Waals surface area (Å²) in [5.41, 5.74) is 1.93. The minimum absolute atomic E-state index is 0.0333. The molecule has 182 valence electrons. The number of ether oxygens (including phenoxy) is 1. The van der Waals surface area contributed by atoms with E-state index in [4.69, 9.17) is 0 Å². The van der Waals surface area contributed by atoms with Crippen LogP contribution in [0.1, 0.15) is 23.4 Å². The maximum absolute atomic E-state index is 13.6. The Kier molecular flexibility index (Phi) is 6.62. The molecule has 1 aliphatic heterocycles. The predicted molar refractivity (Wildman–Crippen MR) is 136 cm³/mol. The number of hydrogen-bond donors (Lipinski definition) is 1. The van der Waals surface area contributed by atoms with Crippen LogP contribution in [-0.4, -0.2) is 17.1 Å². The number of benzene rings is 2. The first-order valence-electron chi connectivity index (χ1n) is 10.9. The van der Waals surface area contributed by atoms with Crippen molar-refractivity contribution >= 4 is 40.3 Å². The predicted octanol–water partition coefficient (Wildman–Crippen LogP) is 4.54. The second-order valence-corrected chi connectivity index (χ2v) is 9.85. The first-order valence-corrected chi connectivity index (χ1v) is 12.6. The van der Waals surface area contributed by atoms with Gasteiger partial charge < -0.3 is 10.1 Å². The fraction of sp³-hybridized carbons (Fsp3) is 0.115. The summed E-state index contributed by atoms with van der Waals surface area (Å²) in [5, 5.41) is 4.81. The van der Waals surface area contributed by atoms with E-state index in [1.54, 1.807) is 41.8 Å². The largest absolute Gasteiger partial charge is 0.435 e. The number of nitrogens with one attached hydrogen (secondary N) is 1. The molecule has 1 N–H and O–H groups in total. The van der Waals surface area contributed by atoms with Gasteiger partial charge in [0.05, 0.1) is 15.8 Å². The Balaban J connectivity index is 1.58. The van der Waals surface area contributed by atoms with E-state index in [-0.39, 0.29) is 17.2 Å². The van der Waals surface area contributed by atoms with E-state index >= 15 is 0 Å². The molecule has 0 aliphatic carbocycles. The van der Waals surface area contributed by atoms with Crippen LogP contribution in [-0.2, 0) is 4.79 Å². The van der Waals surface area contributed by atoms with Gasteiger partial charge in [-0.05, 0) is 54.3 Å². The topological polar surface area (TPSA) is 72.7 Å². The molecule has 0 saturated heterocycles. The molecule has 0 fully saturated rings. The molecule has 0 bridgehead atoms. The third-order valence-corrected chi connectivity index (χ3v) is 7.42. The summed E-state index contributed by atoms with van der Waals surface area (Å²) in [7, 11) is 0. The van der Waals surface area contributed by atoms with Crippen molar-refractivity contribution in [3.63, 3.8) is 0 Å². The first-order chi connectivity index (χ1) is 17.4. The highest BCUT2D eigenvalue weighted by atomic mass is 32.1. The van der Waals surface area contributed by atoms with E-state index in [2.05, 4.69) is 15.0 Å². The number of carbonyl (C=O) groups is 1. The maximum Gasteiger partial charge on any atom is 0.387 e. The summed E-state index contributed by atoms with van der Waals surface area (Å²) in [6, 6.07) is 18.3. The number of alkyl halides is 2. The summed E-state index contributed by atoms with van der Waals surface area (Å²) < 4.78 is 31.2. The lowest BCUT2D eigenvalue weighted by molar-refractivity contribution is -0.113. The normalized spacial score (nSPS) is 15.6. The molecule has 5 rings (SSSR count). The third kappa shape index (κ3) is 4.77. The number of allylic oxidation sites excluding steroid dienone is 1. The van der Waals surface area contributed by atoms with Crippen molar-refractivity contribution in [3.8, 4) is 5.75 Å². The molecule has 6 nitrogen and oxygen atoms in total. The minimum atomic E-state index is -2.91. The molecular formula is C26H19F2N3O3S2. The highest BCUT2D eigenvalue weighted by molar-refractivity contribution is 7.10. The average molecular weight is 524 g/mol. The van der Waals surface area contributed by atoms with Crippen molar-refractivity contribution in [1.82, 2.24) is 4.57 Å². The van der Waals surface area contributed by atoms with E-state index < -0.39 is 12.7 Å². The second kappa shape index (κ2) is 10.00. The Morgan fingerprint density at radius 3 is 2.53 bits per heavy atom. The number of fused-ring (bicyclic) bond motifs is 1. The maximum atomic E-state index is 13.6. The SMILES string of the molecule is CC1=C(C(=O)Nc2ccccc2)[C@@H](c2cccs2)n2c(s/c(=C/c3ccc(OC(F)F)cc3)c2=O)=N1. The molecule has 3 heterocycles. The van der Waals surface area contributed by atoms with Crippen LogP contribution >= 0.6 is 22.7 Å². The van der Waals surface area contributed by atoms with Gasteiger partial charge in [0.25, 0.3) is 11.5 Å². The highest BCUT2D eigenvalue weighted by Crippen LogP contribution is 2.33. The molecule has 0 spiro atoms. The number of thiazole rings is 1. The molecule has 0 saturated carbocycles. The van der Waals surface area contributed by atoms with Gasteiger partial charge in [0.2, 0.25) is 0 Å². The lowest BCUT2D eigenvalue weighted by atomic mass is 10.0. The Hall–Kier alpha value is -3.89. The van der Waals surface area contributed by atoms with Crippen LogP contribution in [0.5, 0.6) is 5.75 Å². The number of amides is 1. The van der Waals surface area contributed by atoms with Gasteiger partial charge in [0.15, 0.2) is 4.80 Å². The number of hydrogen-bond acceptors (Lipinski definition) is 6. The van der Waals surface area contributed by atoms with E-state index in [1.807, 2.05) is 35.7 Å².